The second-order valence-electron chi connectivity index (χ2n) is 6.04. The maximum absolute atomic E-state index is 12.4. The fourth-order valence-corrected chi connectivity index (χ4v) is 2.95. The van der Waals surface area contributed by atoms with Crippen LogP contribution in [0.1, 0.15) is 22.6 Å². The third-order valence-corrected chi connectivity index (χ3v) is 4.25. The maximum atomic E-state index is 12.4. The van der Waals surface area contributed by atoms with Crippen LogP contribution in [-0.4, -0.2) is 29.7 Å². The van der Waals surface area contributed by atoms with Crippen molar-refractivity contribution in [2.24, 2.45) is 11.0 Å². The van der Waals surface area contributed by atoms with Gasteiger partial charge in [0.25, 0.3) is 5.91 Å². The summed E-state index contributed by atoms with van der Waals surface area (Å²) in [6.07, 6.45) is 1.37. The predicted octanol–water partition coefficient (Wildman–Crippen LogP) is 1.68. The van der Waals surface area contributed by atoms with Crippen LogP contribution in [-0.2, 0) is 9.59 Å². The van der Waals surface area contributed by atoms with Crippen molar-refractivity contribution in [1.82, 2.24) is 10.7 Å². The Morgan fingerprint density at radius 3 is 2.80 bits per heavy atom. The van der Waals surface area contributed by atoms with Crippen molar-refractivity contribution in [1.29, 1.82) is 0 Å². The summed E-state index contributed by atoms with van der Waals surface area (Å²) < 4.78 is 0. The summed E-state index contributed by atoms with van der Waals surface area (Å²) in [6, 6.07) is 14.5. The molecule has 2 amide bonds. The number of nitrogens with zero attached hydrogens (tertiary/aromatic N) is 1. The van der Waals surface area contributed by atoms with Gasteiger partial charge in [0.1, 0.15) is 11.7 Å². The van der Waals surface area contributed by atoms with Crippen molar-refractivity contribution in [3.05, 3.63) is 65.2 Å². The average Bonchev–Trinajstić information content (AvgIpc) is 3.00. The molecule has 6 nitrogen and oxygen atoms in total. The quantitative estimate of drug-likeness (QED) is 0.450. The number of benzene rings is 2. The van der Waals surface area contributed by atoms with Crippen molar-refractivity contribution < 1.29 is 14.7 Å². The number of hydrogen-bond donors (Lipinski definition) is 3. The normalized spacial score (nSPS) is 19.8. The summed E-state index contributed by atoms with van der Waals surface area (Å²) >= 11 is 0. The van der Waals surface area contributed by atoms with Crippen LogP contribution in [0.25, 0.3) is 0 Å². The molecule has 1 fully saturated rings. The topological polar surface area (TPSA) is 90.8 Å². The molecule has 2 aromatic rings. The number of hydrazone groups is 1. The molecule has 0 aromatic heterocycles. The van der Waals surface area contributed by atoms with Gasteiger partial charge < -0.3 is 10.4 Å². The van der Waals surface area contributed by atoms with E-state index in [1.165, 1.54) is 6.21 Å². The molecular formula is C19H19N3O3. The average molecular weight is 337 g/mol. The molecule has 0 unspecified atom stereocenters. The molecule has 0 spiro atoms. The van der Waals surface area contributed by atoms with E-state index in [0.29, 0.717) is 12.1 Å². The summed E-state index contributed by atoms with van der Waals surface area (Å²) in [6.45, 7) is 2.31. The van der Waals surface area contributed by atoms with Crippen LogP contribution in [0.3, 0.4) is 0 Å². The zero-order chi connectivity index (χ0) is 17.8. The Hall–Kier alpha value is -3.15. The Bertz CT molecular complexity index is 818. The van der Waals surface area contributed by atoms with E-state index in [9.17, 15) is 14.7 Å². The number of phenolic OH excluding ortho intramolecular Hbond substituents is 1. The van der Waals surface area contributed by atoms with Crippen LogP contribution in [0.5, 0.6) is 5.75 Å². The molecule has 2 aromatic carbocycles. The lowest BCUT2D eigenvalue weighted by atomic mass is 9.88. The van der Waals surface area contributed by atoms with Gasteiger partial charge in [-0.05, 0) is 24.6 Å². The van der Waals surface area contributed by atoms with E-state index in [-0.39, 0.29) is 17.6 Å². The molecular weight excluding hydrogens is 318 g/mol. The van der Waals surface area contributed by atoms with Crippen LogP contribution < -0.4 is 10.7 Å². The van der Waals surface area contributed by atoms with E-state index in [4.69, 9.17) is 0 Å². The second kappa shape index (κ2) is 7.17. The first-order valence-electron chi connectivity index (χ1n) is 8.01. The third-order valence-electron chi connectivity index (χ3n) is 4.25. The van der Waals surface area contributed by atoms with Crippen LogP contribution >= 0.6 is 0 Å². The molecule has 3 N–H and O–H groups in total. The summed E-state index contributed by atoms with van der Waals surface area (Å²) in [5, 5.41) is 16.4. The highest BCUT2D eigenvalue weighted by Crippen LogP contribution is 2.29. The van der Waals surface area contributed by atoms with E-state index in [2.05, 4.69) is 15.8 Å². The van der Waals surface area contributed by atoms with Crippen molar-refractivity contribution in [3.8, 4) is 5.75 Å². The summed E-state index contributed by atoms with van der Waals surface area (Å²) in [5.41, 5.74) is 4.80. The standard InChI is InChI=1S/C19H19N3O3/c1-12-7-8-16(23)14(9-12)10-21-22-19(25)17-15(11-20-18(17)24)13-5-3-2-4-6-13/h2-10,15,17,23H,11H2,1H3,(H,20,24)(H,22,25)/b21-10-/t15-,17-/m0/s1. The summed E-state index contributed by atoms with van der Waals surface area (Å²) in [4.78, 5) is 24.5. The molecule has 1 aliphatic heterocycles. The summed E-state index contributed by atoms with van der Waals surface area (Å²) in [7, 11) is 0. The molecule has 1 saturated heterocycles. The molecule has 2 atom stereocenters. The molecule has 3 rings (SSSR count). The van der Waals surface area contributed by atoms with E-state index in [1.54, 1.807) is 18.2 Å². The van der Waals surface area contributed by atoms with E-state index < -0.39 is 11.8 Å². The highest BCUT2D eigenvalue weighted by molar-refractivity contribution is 6.03. The lowest BCUT2D eigenvalue weighted by molar-refractivity contribution is -0.133. The molecule has 1 aliphatic rings. The maximum Gasteiger partial charge on any atom is 0.253 e. The smallest absolute Gasteiger partial charge is 0.253 e. The number of aryl methyl sites for hydroxylation is 1. The molecule has 25 heavy (non-hydrogen) atoms. The van der Waals surface area contributed by atoms with Crippen LogP contribution in [0.15, 0.2) is 53.6 Å². The van der Waals surface area contributed by atoms with E-state index in [1.807, 2.05) is 37.3 Å². The van der Waals surface area contributed by atoms with Crippen LogP contribution in [0.2, 0.25) is 0 Å². The van der Waals surface area contributed by atoms with Crippen molar-refractivity contribution in [3.63, 3.8) is 0 Å². The van der Waals surface area contributed by atoms with Crippen LogP contribution in [0, 0.1) is 12.8 Å². The van der Waals surface area contributed by atoms with E-state index >= 15 is 0 Å². The van der Waals surface area contributed by atoms with Crippen LogP contribution in [0.4, 0.5) is 0 Å². The molecule has 0 aliphatic carbocycles. The van der Waals surface area contributed by atoms with Gasteiger partial charge in [-0.15, -0.1) is 0 Å². The largest absolute Gasteiger partial charge is 0.507 e. The Morgan fingerprint density at radius 1 is 1.28 bits per heavy atom. The minimum Gasteiger partial charge on any atom is -0.507 e. The summed E-state index contributed by atoms with van der Waals surface area (Å²) in [5.74, 6) is -1.75. The zero-order valence-electron chi connectivity index (χ0n) is 13.8. The molecule has 1 heterocycles. The molecule has 6 heteroatoms. The van der Waals surface area contributed by atoms with Gasteiger partial charge in [0.05, 0.1) is 6.21 Å². The zero-order valence-corrected chi connectivity index (χ0v) is 13.8. The SMILES string of the molecule is Cc1ccc(O)c(/C=N\NC(=O)[C@@H]2C(=O)NC[C@H]2c2ccccc2)c1. The number of carbonyl (C=O) groups excluding carboxylic acids is 2. The fraction of sp³-hybridized carbons (Fsp3) is 0.211. The second-order valence-corrected chi connectivity index (χ2v) is 6.04. The number of hydrogen-bond acceptors (Lipinski definition) is 4. The molecule has 0 saturated carbocycles. The number of amides is 2. The van der Waals surface area contributed by atoms with Gasteiger partial charge >= 0.3 is 0 Å². The van der Waals surface area contributed by atoms with Crippen molar-refractivity contribution in [2.45, 2.75) is 12.8 Å². The number of rotatable bonds is 4. The highest BCUT2D eigenvalue weighted by Gasteiger charge is 2.40. The van der Waals surface area contributed by atoms with Gasteiger partial charge in [-0.1, -0.05) is 42.0 Å². The van der Waals surface area contributed by atoms with Crippen molar-refractivity contribution in [2.75, 3.05) is 6.54 Å². The van der Waals surface area contributed by atoms with Crippen molar-refractivity contribution >= 4 is 18.0 Å². The highest BCUT2D eigenvalue weighted by atomic mass is 16.3. The molecule has 128 valence electrons. The lowest BCUT2D eigenvalue weighted by Gasteiger charge is -2.15. The Labute approximate surface area is 145 Å². The van der Waals surface area contributed by atoms with Gasteiger partial charge in [0.2, 0.25) is 5.91 Å². The fourth-order valence-electron chi connectivity index (χ4n) is 2.95. The monoisotopic (exact) mass is 337 g/mol. The minimum atomic E-state index is -0.828. The Morgan fingerprint density at radius 2 is 2.04 bits per heavy atom. The minimum absolute atomic E-state index is 0.0735. The van der Waals surface area contributed by atoms with E-state index in [0.717, 1.165) is 11.1 Å². The third kappa shape index (κ3) is 3.68. The first-order chi connectivity index (χ1) is 12.1. The lowest BCUT2D eigenvalue weighted by Crippen LogP contribution is -2.34. The number of aromatic hydroxyl groups is 1. The Kier molecular flexibility index (Phi) is 4.79. The molecule has 0 bridgehead atoms. The Balaban J connectivity index is 1.72. The first kappa shape index (κ1) is 16.7. The van der Waals surface area contributed by atoms with Gasteiger partial charge in [0, 0.05) is 18.0 Å². The first-order valence-corrected chi connectivity index (χ1v) is 8.01. The van der Waals surface area contributed by atoms with Gasteiger partial charge in [-0.3, -0.25) is 9.59 Å². The number of carbonyl (C=O) groups is 2. The van der Waals surface area contributed by atoms with Gasteiger partial charge in [0.15, 0.2) is 0 Å². The predicted molar refractivity (Wildman–Crippen MR) is 94.3 cm³/mol. The number of phenols is 1. The molecule has 0 radical (unpaired) electrons. The van der Waals surface area contributed by atoms with Gasteiger partial charge in [-0.2, -0.15) is 5.10 Å². The van der Waals surface area contributed by atoms with Gasteiger partial charge in [-0.25, -0.2) is 5.43 Å². The number of nitrogens with one attached hydrogen (secondary N) is 2.